The van der Waals surface area contributed by atoms with E-state index in [0.29, 0.717) is 21.4 Å². The average molecular weight is 392 g/mol. The second-order valence-corrected chi connectivity index (χ2v) is 8.59. The minimum Gasteiger partial charge on any atom is -0.294 e. The van der Waals surface area contributed by atoms with E-state index in [2.05, 4.69) is 15.5 Å². The van der Waals surface area contributed by atoms with Crippen LogP contribution in [0.5, 0.6) is 0 Å². The second-order valence-electron chi connectivity index (χ2n) is 5.76. The highest BCUT2D eigenvalue weighted by molar-refractivity contribution is 7.90. The van der Waals surface area contributed by atoms with Gasteiger partial charge in [-0.15, -0.1) is 0 Å². The second kappa shape index (κ2) is 6.61. The maximum atomic E-state index is 12.5. The third-order valence-corrected chi connectivity index (χ3v) is 6.69. The van der Waals surface area contributed by atoms with Crippen molar-refractivity contribution >= 4 is 43.9 Å². The van der Waals surface area contributed by atoms with Crippen LogP contribution in [0.1, 0.15) is 39.6 Å². The van der Waals surface area contributed by atoms with Gasteiger partial charge in [-0.1, -0.05) is 23.5 Å². The van der Waals surface area contributed by atoms with Gasteiger partial charge >= 0.3 is 0 Å². The molecule has 26 heavy (non-hydrogen) atoms. The number of amides is 1. The molecule has 0 radical (unpaired) electrons. The van der Waals surface area contributed by atoms with Crippen molar-refractivity contribution in [2.24, 2.45) is 5.10 Å². The summed E-state index contributed by atoms with van der Waals surface area (Å²) in [4.78, 5) is 28.6. The lowest BCUT2D eigenvalue weighted by Crippen LogP contribution is -2.34. The molecule has 2 aromatic rings. The van der Waals surface area contributed by atoms with Crippen LogP contribution in [0.25, 0.3) is 0 Å². The molecule has 1 aliphatic heterocycles. The zero-order chi connectivity index (χ0) is 19.1. The number of hydrogen-bond donors (Lipinski definition) is 1. The van der Waals surface area contributed by atoms with E-state index in [1.807, 2.05) is 0 Å². The van der Waals surface area contributed by atoms with Crippen molar-refractivity contribution in [1.29, 1.82) is 0 Å². The predicted molar refractivity (Wildman–Crippen MR) is 98.3 cm³/mol. The Bertz CT molecular complexity index is 1040. The number of aryl methyl sites for hydroxylation is 1. The van der Waals surface area contributed by atoms with E-state index in [4.69, 9.17) is 0 Å². The Morgan fingerprint density at radius 2 is 2.00 bits per heavy atom. The van der Waals surface area contributed by atoms with Gasteiger partial charge in [-0.25, -0.2) is 17.7 Å². The number of rotatable bonds is 5. The van der Waals surface area contributed by atoms with E-state index in [-0.39, 0.29) is 22.8 Å². The largest absolute Gasteiger partial charge is 0.294 e. The Kier molecular flexibility index (Phi) is 4.63. The van der Waals surface area contributed by atoms with Crippen LogP contribution in [0, 0.1) is 6.92 Å². The smallest absolute Gasteiger partial charge is 0.269 e. The highest BCUT2D eigenvalue weighted by Crippen LogP contribution is 2.29. The van der Waals surface area contributed by atoms with Crippen LogP contribution in [-0.2, 0) is 10.0 Å². The SMILES string of the molecule is CC(=O)c1sc(N/N=C(\C)CN2C(=O)c3ccccc3S2(=O)=O)nc1C. The van der Waals surface area contributed by atoms with Gasteiger partial charge in [-0.05, 0) is 26.0 Å². The number of nitrogens with one attached hydrogen (secondary N) is 1. The number of ketones is 1. The zero-order valence-corrected chi connectivity index (χ0v) is 15.9. The lowest BCUT2D eigenvalue weighted by Gasteiger charge is -2.14. The number of fused-ring (bicyclic) bond motifs is 1. The fourth-order valence-corrected chi connectivity index (χ4v) is 4.94. The number of benzene rings is 1. The average Bonchev–Trinajstić information content (AvgIpc) is 3.05. The minimum atomic E-state index is -3.87. The molecule has 3 rings (SSSR count). The first kappa shape index (κ1) is 18.2. The number of anilines is 1. The Morgan fingerprint density at radius 3 is 2.62 bits per heavy atom. The molecule has 1 aliphatic rings. The van der Waals surface area contributed by atoms with Crippen LogP contribution in [0.3, 0.4) is 0 Å². The van der Waals surface area contributed by atoms with Gasteiger partial charge in [0.2, 0.25) is 5.13 Å². The summed E-state index contributed by atoms with van der Waals surface area (Å²) in [6.45, 7) is 4.61. The number of carbonyl (C=O) groups excluding carboxylic acids is 2. The van der Waals surface area contributed by atoms with Crippen LogP contribution in [-0.4, -0.2) is 41.7 Å². The molecular formula is C16H16N4O4S2. The summed E-state index contributed by atoms with van der Waals surface area (Å²) in [6, 6.07) is 6.10. The zero-order valence-electron chi connectivity index (χ0n) is 14.3. The lowest BCUT2D eigenvalue weighted by atomic mass is 10.2. The third kappa shape index (κ3) is 3.13. The fraction of sp³-hybridized carbons (Fsp3) is 0.250. The number of sulfonamides is 1. The summed E-state index contributed by atoms with van der Waals surface area (Å²) in [5, 5.41) is 4.50. The number of Topliss-reactive ketones (excluding diaryl/α,β-unsaturated/α-hetero) is 1. The van der Waals surface area contributed by atoms with Gasteiger partial charge in [0.05, 0.1) is 28.4 Å². The number of hydrogen-bond acceptors (Lipinski definition) is 8. The topological polar surface area (TPSA) is 109 Å². The Morgan fingerprint density at radius 1 is 1.31 bits per heavy atom. The van der Waals surface area contributed by atoms with Crippen molar-refractivity contribution < 1.29 is 18.0 Å². The monoisotopic (exact) mass is 392 g/mol. The number of carbonyl (C=O) groups is 2. The van der Waals surface area contributed by atoms with Crippen LogP contribution in [0.2, 0.25) is 0 Å². The van der Waals surface area contributed by atoms with E-state index in [1.165, 1.54) is 19.1 Å². The molecule has 0 bridgehead atoms. The Labute approximate surface area is 154 Å². The summed E-state index contributed by atoms with van der Waals surface area (Å²) in [5.41, 5.74) is 3.85. The molecule has 1 aromatic heterocycles. The van der Waals surface area contributed by atoms with Crippen molar-refractivity contribution in [2.75, 3.05) is 12.0 Å². The fourth-order valence-electron chi connectivity index (χ4n) is 2.54. The number of hydrazone groups is 1. The van der Waals surface area contributed by atoms with E-state index in [9.17, 15) is 18.0 Å². The van der Waals surface area contributed by atoms with Crippen LogP contribution >= 0.6 is 11.3 Å². The van der Waals surface area contributed by atoms with Gasteiger partial charge in [0.15, 0.2) is 5.78 Å². The van der Waals surface area contributed by atoms with Gasteiger partial charge < -0.3 is 0 Å². The van der Waals surface area contributed by atoms with Crippen molar-refractivity contribution in [3.8, 4) is 0 Å². The van der Waals surface area contributed by atoms with Crippen LogP contribution in [0.15, 0.2) is 34.3 Å². The molecule has 1 amide bonds. The molecule has 1 aromatic carbocycles. The number of aromatic nitrogens is 1. The van der Waals surface area contributed by atoms with Crippen LogP contribution < -0.4 is 5.43 Å². The molecule has 0 atom stereocenters. The molecule has 0 spiro atoms. The molecule has 0 aliphatic carbocycles. The maximum absolute atomic E-state index is 12.5. The van der Waals surface area contributed by atoms with Crippen LogP contribution in [0.4, 0.5) is 5.13 Å². The van der Waals surface area contributed by atoms with E-state index in [1.54, 1.807) is 26.0 Å². The molecule has 0 saturated carbocycles. The number of nitrogens with zero attached hydrogens (tertiary/aromatic N) is 3. The van der Waals surface area contributed by atoms with E-state index >= 15 is 0 Å². The summed E-state index contributed by atoms with van der Waals surface area (Å²) >= 11 is 1.16. The molecule has 136 valence electrons. The molecule has 0 unspecified atom stereocenters. The summed E-state index contributed by atoms with van der Waals surface area (Å²) in [6.07, 6.45) is 0. The molecule has 2 heterocycles. The summed E-state index contributed by atoms with van der Waals surface area (Å²) in [5.74, 6) is -0.653. The van der Waals surface area contributed by atoms with Gasteiger partial charge in [-0.3, -0.25) is 15.0 Å². The van der Waals surface area contributed by atoms with Crippen molar-refractivity contribution in [3.05, 3.63) is 40.4 Å². The number of thiazole rings is 1. The van der Waals surface area contributed by atoms with Crippen molar-refractivity contribution in [3.63, 3.8) is 0 Å². The predicted octanol–water partition coefficient (Wildman–Crippen LogP) is 2.29. The first-order valence-corrected chi connectivity index (χ1v) is 9.91. The van der Waals surface area contributed by atoms with Gasteiger partial charge in [0, 0.05) is 6.92 Å². The lowest BCUT2D eigenvalue weighted by molar-refractivity contribution is 0.0883. The van der Waals surface area contributed by atoms with Gasteiger partial charge in [0.25, 0.3) is 15.9 Å². The quantitative estimate of drug-likeness (QED) is 0.475. The Balaban J connectivity index is 1.77. The first-order chi connectivity index (χ1) is 12.2. The summed E-state index contributed by atoms with van der Waals surface area (Å²) < 4.78 is 25.8. The molecule has 1 N–H and O–H groups in total. The van der Waals surface area contributed by atoms with Crippen molar-refractivity contribution in [1.82, 2.24) is 9.29 Å². The standard InChI is InChI=1S/C16H16N4O4S2/c1-9(18-19-16-17-10(2)14(25-16)11(3)21)8-20-15(22)12-6-4-5-7-13(12)26(20,23)24/h4-7H,8H2,1-3H3,(H,17,19)/b18-9+. The normalized spacial score (nSPS) is 15.9. The molecule has 10 heteroatoms. The van der Waals surface area contributed by atoms with Gasteiger partial charge in [-0.2, -0.15) is 5.10 Å². The maximum Gasteiger partial charge on any atom is 0.269 e. The highest BCUT2D eigenvalue weighted by Gasteiger charge is 2.40. The molecular weight excluding hydrogens is 376 g/mol. The first-order valence-electron chi connectivity index (χ1n) is 7.65. The molecule has 0 saturated heterocycles. The van der Waals surface area contributed by atoms with Gasteiger partial charge in [0.1, 0.15) is 4.90 Å². The van der Waals surface area contributed by atoms with E-state index < -0.39 is 15.9 Å². The van der Waals surface area contributed by atoms with Crippen molar-refractivity contribution in [2.45, 2.75) is 25.7 Å². The summed E-state index contributed by atoms with van der Waals surface area (Å²) in [7, 11) is -3.87. The minimum absolute atomic E-state index is 0.00686. The Hall–Kier alpha value is -2.59. The highest BCUT2D eigenvalue weighted by atomic mass is 32.2. The van der Waals surface area contributed by atoms with E-state index in [0.717, 1.165) is 15.6 Å². The molecule has 8 nitrogen and oxygen atoms in total. The molecule has 0 fully saturated rings. The third-order valence-electron chi connectivity index (χ3n) is 3.74.